The number of para-hydroxylation sites is 1. The highest BCUT2D eigenvalue weighted by Crippen LogP contribution is 2.45. The lowest BCUT2D eigenvalue weighted by Crippen LogP contribution is -2.56. The van der Waals surface area contributed by atoms with Gasteiger partial charge in [-0.1, -0.05) is 52.8 Å². The van der Waals surface area contributed by atoms with Gasteiger partial charge in [-0.3, -0.25) is 14.2 Å². The number of aromatic nitrogens is 3. The molecule has 294 valence electrons. The topological polar surface area (TPSA) is 139 Å². The van der Waals surface area contributed by atoms with Gasteiger partial charge in [-0.2, -0.15) is 18.2 Å². The molecule has 5 atom stereocenters. The summed E-state index contributed by atoms with van der Waals surface area (Å²) in [4.78, 5) is 52.2. The van der Waals surface area contributed by atoms with Crippen LogP contribution in [0.5, 0.6) is 6.01 Å². The van der Waals surface area contributed by atoms with Crippen LogP contribution in [0.4, 0.5) is 18.9 Å². The Balaban J connectivity index is 1.36. The Labute approximate surface area is 322 Å². The zero-order chi connectivity index (χ0) is 40.2. The van der Waals surface area contributed by atoms with Crippen LogP contribution in [0.3, 0.4) is 0 Å². The molecule has 1 aliphatic carbocycles. The molecule has 1 saturated heterocycles. The van der Waals surface area contributed by atoms with E-state index in [4.69, 9.17) is 14.7 Å². The lowest BCUT2D eigenvalue weighted by Gasteiger charge is -2.36. The van der Waals surface area contributed by atoms with Crippen LogP contribution in [0.2, 0.25) is 0 Å². The van der Waals surface area contributed by atoms with Gasteiger partial charge < -0.3 is 25.4 Å². The number of rotatable bonds is 12. The van der Waals surface area contributed by atoms with Crippen LogP contribution in [0, 0.1) is 11.3 Å². The molecule has 1 aliphatic heterocycles. The summed E-state index contributed by atoms with van der Waals surface area (Å²) in [6.45, 7) is 17.1. The average Bonchev–Trinajstić information content (AvgIpc) is 3.45. The van der Waals surface area contributed by atoms with Gasteiger partial charge in [-0.15, -0.1) is 17.9 Å². The van der Waals surface area contributed by atoms with Gasteiger partial charge in [0.2, 0.25) is 11.8 Å². The number of carbonyl (C=O) groups excluding carboxylic acids is 2. The second-order valence-corrected chi connectivity index (χ2v) is 16.9. The number of likely N-dealkylation sites (tertiary alicyclic amines) is 1. The fraction of sp³-hybridized carbons (Fsp3) is 0.475. The van der Waals surface area contributed by atoms with Gasteiger partial charge in [0.15, 0.2) is 0 Å². The Kier molecular flexibility index (Phi) is 10.6. The highest BCUT2D eigenvalue weighted by atomic mass is 32.1. The molecule has 2 aliphatic rings. The van der Waals surface area contributed by atoms with Crippen molar-refractivity contribution in [3.63, 3.8) is 0 Å². The highest BCUT2D eigenvalue weighted by molar-refractivity contribution is 7.13. The Morgan fingerprint density at radius 3 is 2.38 bits per heavy atom. The number of hydrogen-bond acceptors (Lipinski definition) is 8. The summed E-state index contributed by atoms with van der Waals surface area (Å²) in [5.41, 5.74) is 0.115. The quantitative estimate of drug-likeness (QED) is 0.123. The van der Waals surface area contributed by atoms with E-state index in [-0.39, 0.29) is 43.0 Å². The summed E-state index contributed by atoms with van der Waals surface area (Å²) in [7, 11) is 0. The number of benzene rings is 2. The molecule has 1 saturated carbocycles. The average molecular weight is 781 g/mol. The van der Waals surface area contributed by atoms with Gasteiger partial charge in [0, 0.05) is 35.0 Å². The van der Waals surface area contributed by atoms with Crippen molar-refractivity contribution in [3.8, 4) is 16.6 Å². The predicted octanol–water partition coefficient (Wildman–Crippen LogP) is 7.90. The zero-order valence-corrected chi connectivity index (χ0v) is 32.7. The van der Waals surface area contributed by atoms with Gasteiger partial charge in [0.05, 0.1) is 23.3 Å². The molecule has 0 radical (unpaired) electrons. The minimum Gasteiger partial charge on any atom is -0.479 e. The molecule has 55 heavy (non-hydrogen) atoms. The maximum Gasteiger partial charge on any atom is 0.416 e. The van der Waals surface area contributed by atoms with Gasteiger partial charge >= 0.3 is 12.1 Å². The minimum absolute atomic E-state index is 0.00480. The van der Waals surface area contributed by atoms with Crippen molar-refractivity contribution >= 4 is 45.8 Å². The van der Waals surface area contributed by atoms with Crippen LogP contribution in [-0.4, -0.2) is 72.6 Å². The first-order valence-electron chi connectivity index (χ1n) is 18.3. The summed E-state index contributed by atoms with van der Waals surface area (Å²) in [6.07, 6.45) is -3.72. The largest absolute Gasteiger partial charge is 0.479 e. The Morgan fingerprint density at radius 2 is 1.80 bits per heavy atom. The number of aliphatic carboxylic acids is 1. The van der Waals surface area contributed by atoms with Crippen molar-refractivity contribution in [2.45, 2.75) is 103 Å². The van der Waals surface area contributed by atoms with Crippen molar-refractivity contribution < 1.29 is 37.4 Å². The third-order valence-electron chi connectivity index (χ3n) is 10.3. The van der Waals surface area contributed by atoms with Gasteiger partial charge in [0.25, 0.3) is 6.01 Å². The molecule has 11 nitrogen and oxygen atoms in total. The SMILES string of the molecule is C=C[C@@H]1C[C@]1(NC(=O)[C@@H]1C[C@@H](Oc2nc3c(-c4nc(C(C)C)cs4)cccc3n2C(C)C)CN1C(=O)[C@@H](Nc1cccc(C(F)(F)F)c1)C(C)(C)C)C(=O)O. The number of fused-ring (bicyclic) bond motifs is 1. The number of carboxylic acid groups (broad SMARTS) is 1. The number of carboxylic acids is 1. The third kappa shape index (κ3) is 7.80. The van der Waals surface area contributed by atoms with E-state index >= 15 is 0 Å². The first-order chi connectivity index (χ1) is 25.7. The number of imidazole rings is 1. The van der Waals surface area contributed by atoms with Crippen LogP contribution in [0.1, 0.15) is 84.5 Å². The molecule has 15 heteroatoms. The molecule has 2 amide bonds. The molecule has 3 N–H and O–H groups in total. The van der Waals surface area contributed by atoms with E-state index in [2.05, 4.69) is 31.1 Å². The van der Waals surface area contributed by atoms with Crippen molar-refractivity contribution in [1.29, 1.82) is 0 Å². The molecular formula is C40H47F3N6O5S. The Morgan fingerprint density at radius 1 is 1.09 bits per heavy atom. The number of carbonyl (C=O) groups is 3. The second kappa shape index (κ2) is 14.6. The molecule has 2 aromatic heterocycles. The Bertz CT molecular complexity index is 2120. The van der Waals surface area contributed by atoms with E-state index in [0.29, 0.717) is 5.52 Å². The maximum atomic E-state index is 14.6. The van der Waals surface area contributed by atoms with Gasteiger partial charge in [0.1, 0.15) is 34.3 Å². The first-order valence-corrected chi connectivity index (χ1v) is 19.2. The van der Waals surface area contributed by atoms with Crippen molar-refractivity contribution in [2.24, 2.45) is 11.3 Å². The molecule has 0 bridgehead atoms. The zero-order valence-electron chi connectivity index (χ0n) is 31.9. The van der Waals surface area contributed by atoms with Crippen LogP contribution in [0.15, 0.2) is 60.5 Å². The summed E-state index contributed by atoms with van der Waals surface area (Å²) in [6, 6.07) is 8.36. The molecule has 3 heterocycles. The van der Waals surface area contributed by atoms with Crippen molar-refractivity contribution in [1.82, 2.24) is 24.8 Å². The first kappa shape index (κ1) is 39.8. The second-order valence-electron chi connectivity index (χ2n) is 16.1. The van der Waals surface area contributed by atoms with Gasteiger partial charge in [-0.05, 0) is 61.9 Å². The number of amides is 2. The smallest absolute Gasteiger partial charge is 0.416 e. The Hall–Kier alpha value is -4.92. The maximum absolute atomic E-state index is 14.6. The molecule has 2 aromatic carbocycles. The number of anilines is 1. The number of ether oxygens (including phenoxy) is 1. The lowest BCUT2D eigenvalue weighted by molar-refractivity contribution is -0.145. The molecule has 2 fully saturated rings. The lowest BCUT2D eigenvalue weighted by atomic mass is 9.85. The number of hydrogen-bond donors (Lipinski definition) is 3. The monoisotopic (exact) mass is 780 g/mol. The predicted molar refractivity (Wildman–Crippen MR) is 205 cm³/mol. The van der Waals surface area contributed by atoms with E-state index < -0.39 is 64.6 Å². The molecule has 0 unspecified atom stereocenters. The molecule has 4 aromatic rings. The number of thiazole rings is 1. The fourth-order valence-corrected chi connectivity index (χ4v) is 8.14. The molecular weight excluding hydrogens is 734 g/mol. The molecule has 0 spiro atoms. The number of alkyl halides is 3. The van der Waals surface area contributed by atoms with Crippen LogP contribution in [-0.2, 0) is 20.6 Å². The van der Waals surface area contributed by atoms with Crippen LogP contribution in [0.25, 0.3) is 21.6 Å². The highest BCUT2D eigenvalue weighted by Gasteiger charge is 2.61. The van der Waals surface area contributed by atoms with Crippen LogP contribution < -0.4 is 15.4 Å². The number of nitrogens with one attached hydrogen (secondary N) is 2. The third-order valence-corrected chi connectivity index (χ3v) is 11.2. The van der Waals surface area contributed by atoms with E-state index in [1.54, 1.807) is 20.8 Å². The summed E-state index contributed by atoms with van der Waals surface area (Å²) in [5.74, 6) is -2.69. The number of halogens is 3. The van der Waals surface area contributed by atoms with E-state index in [1.165, 1.54) is 34.4 Å². The van der Waals surface area contributed by atoms with Crippen molar-refractivity contribution in [2.75, 3.05) is 11.9 Å². The normalized spacial score (nSPS) is 21.9. The van der Waals surface area contributed by atoms with E-state index in [9.17, 15) is 32.7 Å². The van der Waals surface area contributed by atoms with E-state index in [0.717, 1.165) is 33.9 Å². The van der Waals surface area contributed by atoms with Gasteiger partial charge in [-0.25, -0.2) is 9.78 Å². The summed E-state index contributed by atoms with van der Waals surface area (Å²) in [5, 5.41) is 18.6. The standard InChI is InChI=1S/C40H47F3N6O5S/c1-9-23-18-39(23,36(52)53)47-33(50)30-17-26(19-48(30)35(51)32(38(6,7)8)44-25-13-10-12-24(16-25)40(41,42)43)54-37-46-31-27(34-45-28(20-55-34)21(2)3)14-11-15-29(31)49(37)22(4)5/h9-16,20-23,26,30,32,44H,1,17-19H2,2-8H3,(H,47,50)(H,52,53)/t23-,26-,30+,32-,39-/m1/s1. The minimum atomic E-state index is -4.60. The van der Waals surface area contributed by atoms with Crippen LogP contribution >= 0.6 is 11.3 Å². The number of nitrogens with zero attached hydrogens (tertiary/aromatic N) is 4. The summed E-state index contributed by atoms with van der Waals surface area (Å²) < 4.78 is 49.4. The summed E-state index contributed by atoms with van der Waals surface area (Å²) >= 11 is 1.53. The van der Waals surface area contributed by atoms with E-state index in [1.807, 2.05) is 42.0 Å². The molecule has 6 rings (SSSR count). The fourth-order valence-electron chi connectivity index (χ4n) is 7.13. The van der Waals surface area contributed by atoms with Crippen molar-refractivity contribution in [3.05, 3.63) is 71.8 Å².